The molecule has 0 radical (unpaired) electrons. The van der Waals surface area contributed by atoms with Gasteiger partial charge in [0.1, 0.15) is 5.82 Å². The highest BCUT2D eigenvalue weighted by atomic mass is 35.5. The maximum Gasteiger partial charge on any atom is 0.227 e. The highest BCUT2D eigenvalue weighted by Crippen LogP contribution is 2.23. The number of hydrogen-bond donors (Lipinski definition) is 1. The molecule has 1 fully saturated rings. The topological polar surface area (TPSA) is 32.3 Å². The largest absolute Gasteiger partial charge is 0.326 e. The number of likely N-dealkylation sites (tertiary alicyclic amines) is 1. The zero-order chi connectivity index (χ0) is 17.8. The Balaban J connectivity index is 1.53. The third-order valence-electron chi connectivity index (χ3n) is 4.77. The zero-order valence-electron chi connectivity index (χ0n) is 14.3. The third kappa shape index (κ3) is 4.59. The van der Waals surface area contributed by atoms with Crippen LogP contribution in [0.2, 0.25) is 5.02 Å². The first-order chi connectivity index (χ1) is 12.0. The van der Waals surface area contributed by atoms with Crippen LogP contribution in [0.4, 0.5) is 10.1 Å². The molecule has 0 aromatic heterocycles. The van der Waals surface area contributed by atoms with Crippen LogP contribution in [0.15, 0.2) is 42.5 Å². The van der Waals surface area contributed by atoms with Crippen LogP contribution in [-0.2, 0) is 11.3 Å². The number of rotatable bonds is 4. The molecule has 25 heavy (non-hydrogen) atoms. The first kappa shape index (κ1) is 17.9. The van der Waals surface area contributed by atoms with Gasteiger partial charge in [-0.15, -0.1) is 0 Å². The summed E-state index contributed by atoms with van der Waals surface area (Å²) < 4.78 is 13.9. The number of halogens is 2. The summed E-state index contributed by atoms with van der Waals surface area (Å²) in [5.41, 5.74) is 2.58. The van der Waals surface area contributed by atoms with Gasteiger partial charge in [0.2, 0.25) is 5.91 Å². The summed E-state index contributed by atoms with van der Waals surface area (Å²) >= 11 is 5.79. The molecule has 3 nitrogen and oxygen atoms in total. The molecule has 132 valence electrons. The molecule has 1 aliphatic heterocycles. The van der Waals surface area contributed by atoms with Crippen molar-refractivity contribution >= 4 is 23.2 Å². The number of benzene rings is 2. The van der Waals surface area contributed by atoms with E-state index >= 15 is 0 Å². The van der Waals surface area contributed by atoms with E-state index in [1.54, 1.807) is 12.1 Å². The first-order valence-corrected chi connectivity index (χ1v) is 8.93. The van der Waals surface area contributed by atoms with Gasteiger partial charge in [-0.1, -0.05) is 35.9 Å². The van der Waals surface area contributed by atoms with Crippen molar-refractivity contribution in [2.75, 3.05) is 18.4 Å². The van der Waals surface area contributed by atoms with Crippen molar-refractivity contribution < 1.29 is 9.18 Å². The van der Waals surface area contributed by atoms with Crippen molar-refractivity contribution in [3.05, 3.63) is 64.4 Å². The standard InChI is InChI=1S/C20H22ClFN2O/c1-14-4-2-3-5-19(14)23-20(25)15-8-10-24(11-9-15)13-16-6-7-17(21)12-18(16)22/h2-7,12,15H,8-11,13H2,1H3,(H,23,25). The van der Waals surface area contributed by atoms with Crippen molar-refractivity contribution in [1.29, 1.82) is 0 Å². The molecule has 2 aromatic carbocycles. The summed E-state index contributed by atoms with van der Waals surface area (Å²) in [6.45, 7) is 4.11. The molecule has 0 spiro atoms. The van der Waals surface area contributed by atoms with E-state index in [0.717, 1.165) is 37.2 Å². The minimum atomic E-state index is -0.271. The van der Waals surface area contributed by atoms with Crippen molar-refractivity contribution in [3.63, 3.8) is 0 Å². The number of hydrogen-bond acceptors (Lipinski definition) is 2. The number of para-hydroxylation sites is 1. The van der Waals surface area contributed by atoms with Crippen molar-refractivity contribution in [2.45, 2.75) is 26.3 Å². The quantitative estimate of drug-likeness (QED) is 0.861. The Morgan fingerprint density at radius 1 is 1.24 bits per heavy atom. The van der Waals surface area contributed by atoms with Gasteiger partial charge in [0.15, 0.2) is 0 Å². The van der Waals surface area contributed by atoms with E-state index in [-0.39, 0.29) is 17.6 Å². The highest BCUT2D eigenvalue weighted by Gasteiger charge is 2.25. The van der Waals surface area contributed by atoms with Gasteiger partial charge in [-0.25, -0.2) is 4.39 Å². The van der Waals surface area contributed by atoms with E-state index in [1.807, 2.05) is 31.2 Å². The Kier molecular flexibility index (Phi) is 5.71. The van der Waals surface area contributed by atoms with E-state index in [0.29, 0.717) is 17.1 Å². The summed E-state index contributed by atoms with van der Waals surface area (Å²) in [6.07, 6.45) is 1.57. The van der Waals surface area contributed by atoms with Crippen LogP contribution < -0.4 is 5.32 Å². The fourth-order valence-corrected chi connectivity index (χ4v) is 3.35. The molecular weight excluding hydrogens is 339 g/mol. The molecule has 0 saturated carbocycles. The maximum absolute atomic E-state index is 13.9. The molecule has 0 aliphatic carbocycles. The third-order valence-corrected chi connectivity index (χ3v) is 5.01. The molecule has 3 rings (SSSR count). The number of amides is 1. The number of piperidine rings is 1. The average Bonchev–Trinajstić information content (AvgIpc) is 2.60. The van der Waals surface area contributed by atoms with Gasteiger partial charge >= 0.3 is 0 Å². The fraction of sp³-hybridized carbons (Fsp3) is 0.350. The molecule has 0 bridgehead atoms. The highest BCUT2D eigenvalue weighted by molar-refractivity contribution is 6.30. The second kappa shape index (κ2) is 7.98. The summed E-state index contributed by atoms with van der Waals surface area (Å²) in [5, 5.41) is 3.44. The molecule has 1 heterocycles. The molecule has 1 aliphatic rings. The Morgan fingerprint density at radius 2 is 1.96 bits per heavy atom. The lowest BCUT2D eigenvalue weighted by Crippen LogP contribution is -2.38. The lowest BCUT2D eigenvalue weighted by molar-refractivity contribution is -0.121. The minimum Gasteiger partial charge on any atom is -0.326 e. The lowest BCUT2D eigenvalue weighted by atomic mass is 9.95. The van der Waals surface area contributed by atoms with Crippen LogP contribution in [0, 0.1) is 18.7 Å². The molecule has 5 heteroatoms. The van der Waals surface area contributed by atoms with Crippen molar-refractivity contribution in [3.8, 4) is 0 Å². The van der Waals surface area contributed by atoms with Gasteiger partial charge in [-0.2, -0.15) is 0 Å². The molecular formula is C20H22ClFN2O. The van der Waals surface area contributed by atoms with Crippen LogP contribution in [0.1, 0.15) is 24.0 Å². The monoisotopic (exact) mass is 360 g/mol. The molecule has 1 amide bonds. The van der Waals surface area contributed by atoms with Crippen LogP contribution in [-0.4, -0.2) is 23.9 Å². The number of anilines is 1. The summed E-state index contributed by atoms with van der Waals surface area (Å²) in [6, 6.07) is 12.6. The fourth-order valence-electron chi connectivity index (χ4n) is 3.19. The van der Waals surface area contributed by atoms with Crippen molar-refractivity contribution in [1.82, 2.24) is 4.90 Å². The Labute approximate surface area is 152 Å². The smallest absolute Gasteiger partial charge is 0.227 e. The average molecular weight is 361 g/mol. The van der Waals surface area contributed by atoms with Crippen LogP contribution in [0.3, 0.4) is 0 Å². The van der Waals surface area contributed by atoms with Gasteiger partial charge < -0.3 is 5.32 Å². The van der Waals surface area contributed by atoms with Gasteiger partial charge in [-0.05, 0) is 56.6 Å². The van der Waals surface area contributed by atoms with Crippen LogP contribution in [0.25, 0.3) is 0 Å². The predicted molar refractivity (Wildman–Crippen MR) is 99.2 cm³/mol. The van der Waals surface area contributed by atoms with Crippen molar-refractivity contribution in [2.24, 2.45) is 5.92 Å². The molecule has 1 N–H and O–H groups in total. The number of nitrogens with one attached hydrogen (secondary N) is 1. The maximum atomic E-state index is 13.9. The Hall–Kier alpha value is -1.91. The van der Waals surface area contributed by atoms with Crippen LogP contribution in [0.5, 0.6) is 0 Å². The van der Waals surface area contributed by atoms with E-state index in [2.05, 4.69) is 10.2 Å². The SMILES string of the molecule is Cc1ccccc1NC(=O)C1CCN(Cc2ccc(Cl)cc2F)CC1. The van der Waals surface area contributed by atoms with E-state index in [9.17, 15) is 9.18 Å². The summed E-state index contributed by atoms with van der Waals surface area (Å²) in [4.78, 5) is 14.7. The Morgan fingerprint density at radius 3 is 2.64 bits per heavy atom. The number of nitrogens with zero attached hydrogens (tertiary/aromatic N) is 1. The molecule has 2 aromatic rings. The second-order valence-corrected chi connectivity index (χ2v) is 7.03. The Bertz CT molecular complexity index is 757. The minimum absolute atomic E-state index is 0.00548. The van der Waals surface area contributed by atoms with E-state index < -0.39 is 0 Å². The lowest BCUT2D eigenvalue weighted by Gasteiger charge is -2.31. The van der Waals surface area contributed by atoms with Gasteiger partial charge in [0, 0.05) is 28.7 Å². The summed E-state index contributed by atoms with van der Waals surface area (Å²) in [5.74, 6) is -0.190. The predicted octanol–water partition coefficient (Wildman–Crippen LogP) is 4.64. The number of carbonyl (C=O) groups excluding carboxylic acids is 1. The molecule has 0 unspecified atom stereocenters. The number of carbonyl (C=O) groups is 1. The van der Waals surface area contributed by atoms with Gasteiger partial charge in [0.25, 0.3) is 0 Å². The first-order valence-electron chi connectivity index (χ1n) is 8.55. The van der Waals surface area contributed by atoms with E-state index in [4.69, 9.17) is 11.6 Å². The van der Waals surface area contributed by atoms with E-state index in [1.165, 1.54) is 6.07 Å². The van der Waals surface area contributed by atoms with Crippen LogP contribution >= 0.6 is 11.6 Å². The summed E-state index contributed by atoms with van der Waals surface area (Å²) in [7, 11) is 0. The molecule has 1 saturated heterocycles. The van der Waals surface area contributed by atoms with Gasteiger partial charge in [0.05, 0.1) is 0 Å². The van der Waals surface area contributed by atoms with Gasteiger partial charge in [-0.3, -0.25) is 9.69 Å². The second-order valence-electron chi connectivity index (χ2n) is 6.59. The zero-order valence-corrected chi connectivity index (χ0v) is 15.0. The normalized spacial score (nSPS) is 16.0. The number of aryl methyl sites for hydroxylation is 1. The molecule has 0 atom stereocenters.